The molecule has 0 saturated carbocycles. The molecule has 0 aromatic carbocycles. The summed E-state index contributed by atoms with van der Waals surface area (Å²) in [6.07, 6.45) is 10.9. The highest BCUT2D eigenvalue weighted by atomic mass is 16.1. The predicted octanol–water partition coefficient (Wildman–Crippen LogP) is 3.18. The average molecular weight is 244 g/mol. The van der Waals surface area contributed by atoms with Gasteiger partial charge in [-0.2, -0.15) is 0 Å². The smallest absolute Gasteiger partial charge is 0.258 e. The van der Waals surface area contributed by atoms with Gasteiger partial charge in [0, 0.05) is 11.8 Å². The van der Waals surface area contributed by atoms with Crippen molar-refractivity contribution in [3.05, 3.63) is 39.6 Å². The first-order chi connectivity index (χ1) is 8.52. The molecule has 1 aromatic rings. The Morgan fingerprint density at radius 2 is 2.00 bits per heavy atom. The van der Waals surface area contributed by atoms with Crippen LogP contribution in [0.15, 0.2) is 16.9 Å². The minimum atomic E-state index is -0.0373. The van der Waals surface area contributed by atoms with E-state index >= 15 is 0 Å². The summed E-state index contributed by atoms with van der Waals surface area (Å²) in [4.78, 5) is 19.4. The molecule has 1 aliphatic rings. The van der Waals surface area contributed by atoms with E-state index in [4.69, 9.17) is 0 Å². The van der Waals surface area contributed by atoms with Crippen molar-refractivity contribution in [2.45, 2.75) is 40.0 Å². The molecule has 18 heavy (non-hydrogen) atoms. The Kier molecular flexibility index (Phi) is 3.50. The number of H-pyrrole nitrogens is 1. The third-order valence-electron chi connectivity index (χ3n) is 3.15. The van der Waals surface area contributed by atoms with Crippen molar-refractivity contribution in [2.75, 3.05) is 0 Å². The van der Waals surface area contributed by atoms with Crippen LogP contribution in [-0.4, -0.2) is 9.97 Å². The van der Waals surface area contributed by atoms with E-state index in [1.807, 2.05) is 18.2 Å². The highest BCUT2D eigenvalue weighted by Gasteiger charge is 2.15. The largest absolute Gasteiger partial charge is 0.310 e. The Hall–Kier alpha value is -1.64. The minimum absolute atomic E-state index is 0.0310. The number of nitrogens with one attached hydrogen (secondary N) is 1. The molecular formula is C15H20N2O. The SMILES string of the molecule is CCCCc1nc2c(c(=O)[nH]1)C=CC(C)(C)C=C2. The monoisotopic (exact) mass is 244 g/mol. The summed E-state index contributed by atoms with van der Waals surface area (Å²) < 4.78 is 0. The molecule has 0 fully saturated rings. The van der Waals surface area contributed by atoms with Gasteiger partial charge in [0.1, 0.15) is 5.82 Å². The van der Waals surface area contributed by atoms with E-state index in [0.29, 0.717) is 5.56 Å². The minimum Gasteiger partial charge on any atom is -0.310 e. The van der Waals surface area contributed by atoms with E-state index in [1.54, 1.807) is 0 Å². The van der Waals surface area contributed by atoms with Gasteiger partial charge in [0.15, 0.2) is 0 Å². The molecule has 0 atom stereocenters. The molecule has 0 bridgehead atoms. The molecule has 0 aliphatic heterocycles. The summed E-state index contributed by atoms with van der Waals surface area (Å²) in [5.74, 6) is 0.790. The Bertz CT molecular complexity index is 550. The molecule has 3 heteroatoms. The van der Waals surface area contributed by atoms with Crippen LogP contribution in [0.4, 0.5) is 0 Å². The fraction of sp³-hybridized carbons (Fsp3) is 0.467. The molecule has 0 unspecified atom stereocenters. The number of fused-ring (bicyclic) bond motifs is 1. The number of rotatable bonds is 3. The number of hydrogen-bond donors (Lipinski definition) is 1. The third-order valence-corrected chi connectivity index (χ3v) is 3.15. The maximum Gasteiger partial charge on any atom is 0.258 e. The van der Waals surface area contributed by atoms with Gasteiger partial charge < -0.3 is 4.98 Å². The summed E-state index contributed by atoms with van der Waals surface area (Å²) in [6, 6.07) is 0. The Labute approximate surface area is 108 Å². The maximum absolute atomic E-state index is 12.0. The number of unbranched alkanes of at least 4 members (excludes halogenated alkanes) is 1. The van der Waals surface area contributed by atoms with E-state index < -0.39 is 0 Å². The lowest BCUT2D eigenvalue weighted by Gasteiger charge is -2.11. The maximum atomic E-state index is 12.0. The van der Waals surface area contributed by atoms with Gasteiger partial charge in [-0.1, -0.05) is 45.4 Å². The molecule has 2 rings (SSSR count). The van der Waals surface area contributed by atoms with Crippen LogP contribution in [0.3, 0.4) is 0 Å². The molecule has 0 spiro atoms. The predicted molar refractivity (Wildman–Crippen MR) is 75.3 cm³/mol. The summed E-state index contributed by atoms with van der Waals surface area (Å²) in [7, 11) is 0. The molecule has 3 nitrogen and oxygen atoms in total. The molecule has 1 heterocycles. The summed E-state index contributed by atoms with van der Waals surface area (Å²) in [5, 5.41) is 0. The van der Waals surface area contributed by atoms with Crippen molar-refractivity contribution in [3.63, 3.8) is 0 Å². The number of aryl methyl sites for hydroxylation is 1. The van der Waals surface area contributed by atoms with Gasteiger partial charge in [-0.05, 0) is 12.5 Å². The van der Waals surface area contributed by atoms with Gasteiger partial charge >= 0.3 is 0 Å². The fourth-order valence-electron chi connectivity index (χ4n) is 1.95. The van der Waals surface area contributed by atoms with Gasteiger partial charge in [-0.3, -0.25) is 4.79 Å². The molecule has 96 valence electrons. The number of aromatic amines is 1. The number of nitrogens with zero attached hydrogens (tertiary/aromatic N) is 1. The Morgan fingerprint density at radius 1 is 1.28 bits per heavy atom. The van der Waals surface area contributed by atoms with E-state index in [1.165, 1.54) is 0 Å². The van der Waals surface area contributed by atoms with E-state index in [0.717, 1.165) is 30.8 Å². The van der Waals surface area contributed by atoms with Crippen LogP contribution in [0.5, 0.6) is 0 Å². The van der Waals surface area contributed by atoms with E-state index in [9.17, 15) is 4.79 Å². The molecular weight excluding hydrogens is 224 g/mol. The average Bonchev–Trinajstić information content (AvgIpc) is 2.46. The van der Waals surface area contributed by atoms with Crippen molar-refractivity contribution in [3.8, 4) is 0 Å². The van der Waals surface area contributed by atoms with Gasteiger partial charge in [-0.15, -0.1) is 0 Å². The fourth-order valence-corrected chi connectivity index (χ4v) is 1.95. The lowest BCUT2D eigenvalue weighted by Crippen LogP contribution is -2.16. The van der Waals surface area contributed by atoms with Crippen molar-refractivity contribution in [1.29, 1.82) is 0 Å². The number of aromatic nitrogens is 2. The van der Waals surface area contributed by atoms with Crippen molar-refractivity contribution >= 4 is 12.2 Å². The first-order valence-corrected chi connectivity index (χ1v) is 6.53. The van der Waals surface area contributed by atoms with E-state index in [-0.39, 0.29) is 11.0 Å². The quantitative estimate of drug-likeness (QED) is 0.887. The Morgan fingerprint density at radius 3 is 2.72 bits per heavy atom. The highest BCUT2D eigenvalue weighted by molar-refractivity contribution is 5.65. The topological polar surface area (TPSA) is 45.8 Å². The normalized spacial score (nSPS) is 16.4. The zero-order chi connectivity index (χ0) is 13.2. The van der Waals surface area contributed by atoms with Crippen molar-refractivity contribution in [2.24, 2.45) is 5.41 Å². The number of hydrogen-bond acceptors (Lipinski definition) is 2. The van der Waals surface area contributed by atoms with Gasteiger partial charge in [0.25, 0.3) is 5.56 Å². The van der Waals surface area contributed by atoms with Crippen LogP contribution < -0.4 is 5.56 Å². The summed E-state index contributed by atoms with van der Waals surface area (Å²) in [6.45, 7) is 6.35. The summed E-state index contributed by atoms with van der Waals surface area (Å²) >= 11 is 0. The van der Waals surface area contributed by atoms with Crippen LogP contribution in [0.25, 0.3) is 12.2 Å². The molecule has 1 aromatic heterocycles. The van der Waals surface area contributed by atoms with Crippen LogP contribution in [-0.2, 0) is 6.42 Å². The van der Waals surface area contributed by atoms with Crippen molar-refractivity contribution in [1.82, 2.24) is 9.97 Å². The zero-order valence-electron chi connectivity index (χ0n) is 11.3. The first-order valence-electron chi connectivity index (χ1n) is 6.53. The van der Waals surface area contributed by atoms with E-state index in [2.05, 4.69) is 36.8 Å². The molecule has 0 radical (unpaired) electrons. The van der Waals surface area contributed by atoms with Gasteiger partial charge in [0.2, 0.25) is 0 Å². The second-order valence-corrected chi connectivity index (χ2v) is 5.40. The van der Waals surface area contributed by atoms with Crippen molar-refractivity contribution < 1.29 is 0 Å². The molecule has 1 aliphatic carbocycles. The molecule has 1 N–H and O–H groups in total. The van der Waals surface area contributed by atoms with Gasteiger partial charge in [0.05, 0.1) is 11.3 Å². The van der Waals surface area contributed by atoms with Crippen LogP contribution in [0.2, 0.25) is 0 Å². The lowest BCUT2D eigenvalue weighted by molar-refractivity contribution is 0.633. The first kappa shape index (κ1) is 12.8. The van der Waals surface area contributed by atoms with Gasteiger partial charge in [-0.25, -0.2) is 4.98 Å². The third kappa shape index (κ3) is 2.78. The molecule has 0 amide bonds. The highest BCUT2D eigenvalue weighted by Crippen LogP contribution is 2.25. The Balaban J connectivity index is 2.44. The second kappa shape index (κ2) is 4.92. The number of allylic oxidation sites excluding steroid dienone is 2. The zero-order valence-corrected chi connectivity index (χ0v) is 11.3. The van der Waals surface area contributed by atoms with Crippen LogP contribution in [0, 0.1) is 5.41 Å². The summed E-state index contributed by atoms with van der Waals surface area (Å²) in [5.41, 5.74) is 1.38. The van der Waals surface area contributed by atoms with Crippen LogP contribution in [0.1, 0.15) is 50.7 Å². The standard InChI is InChI=1S/C15H20N2O/c1-4-5-6-13-16-12-8-10-15(2,3)9-7-11(12)14(18)17-13/h7-10H,4-6H2,1-3H3,(H,16,17,18). The van der Waals surface area contributed by atoms with Crippen LogP contribution >= 0.6 is 0 Å². The lowest BCUT2D eigenvalue weighted by atomic mass is 9.93. The molecule has 0 saturated heterocycles. The second-order valence-electron chi connectivity index (χ2n) is 5.40.